The maximum Gasteiger partial charge on any atom is 0.276 e. The van der Waals surface area contributed by atoms with Crippen molar-refractivity contribution in [2.75, 3.05) is 7.11 Å². The van der Waals surface area contributed by atoms with Crippen LogP contribution in [0.25, 0.3) is 0 Å². The van der Waals surface area contributed by atoms with E-state index < -0.39 is 10.0 Å². The van der Waals surface area contributed by atoms with Crippen LogP contribution in [-0.4, -0.2) is 21.7 Å². The summed E-state index contributed by atoms with van der Waals surface area (Å²) in [6.07, 6.45) is 1.44. The molecule has 7 heteroatoms. The van der Waals surface area contributed by atoms with E-state index >= 15 is 0 Å². The van der Waals surface area contributed by atoms with Gasteiger partial charge in [-0.3, -0.25) is 0 Å². The molecule has 29 heavy (non-hydrogen) atoms. The van der Waals surface area contributed by atoms with Crippen LogP contribution in [0, 0.1) is 6.92 Å². The Morgan fingerprint density at radius 3 is 2.41 bits per heavy atom. The summed E-state index contributed by atoms with van der Waals surface area (Å²) in [5, 5.41) is 3.87. The average molecular weight is 410 g/mol. The second-order valence-electron chi connectivity index (χ2n) is 6.29. The van der Waals surface area contributed by atoms with Gasteiger partial charge in [-0.2, -0.15) is 13.5 Å². The lowest BCUT2D eigenvalue weighted by atomic mass is 10.1. The Bertz CT molecular complexity index is 1100. The van der Waals surface area contributed by atoms with Crippen LogP contribution in [0.2, 0.25) is 0 Å². The molecule has 0 aromatic heterocycles. The average Bonchev–Trinajstić information content (AvgIpc) is 2.74. The normalized spacial score (nSPS) is 11.4. The molecule has 0 radical (unpaired) electrons. The van der Waals surface area contributed by atoms with Gasteiger partial charge in [-0.25, -0.2) is 4.83 Å². The molecule has 3 aromatic carbocycles. The molecule has 0 saturated heterocycles. The lowest BCUT2D eigenvalue weighted by Gasteiger charge is -2.12. The number of hydrogen-bond acceptors (Lipinski definition) is 5. The van der Waals surface area contributed by atoms with E-state index in [4.69, 9.17) is 9.47 Å². The highest BCUT2D eigenvalue weighted by atomic mass is 32.2. The SMILES string of the molecule is COc1ccc(/C=N/NS(=O)(=O)c2ccccc2)cc1COc1ccccc1C. The molecule has 0 saturated carbocycles. The van der Waals surface area contributed by atoms with Gasteiger partial charge in [0.15, 0.2) is 0 Å². The van der Waals surface area contributed by atoms with Crippen molar-refractivity contribution in [3.8, 4) is 11.5 Å². The zero-order valence-corrected chi connectivity index (χ0v) is 17.0. The lowest BCUT2D eigenvalue weighted by molar-refractivity contribution is 0.295. The third-order valence-electron chi connectivity index (χ3n) is 4.22. The smallest absolute Gasteiger partial charge is 0.276 e. The van der Waals surface area contributed by atoms with Crippen molar-refractivity contribution in [1.29, 1.82) is 0 Å². The van der Waals surface area contributed by atoms with Crippen LogP contribution in [0.3, 0.4) is 0 Å². The van der Waals surface area contributed by atoms with Gasteiger partial charge >= 0.3 is 0 Å². The highest BCUT2D eigenvalue weighted by Crippen LogP contribution is 2.23. The summed E-state index contributed by atoms with van der Waals surface area (Å²) in [6.45, 7) is 2.29. The minimum absolute atomic E-state index is 0.152. The van der Waals surface area contributed by atoms with Gasteiger partial charge in [0.1, 0.15) is 18.1 Å². The molecule has 0 fully saturated rings. The topological polar surface area (TPSA) is 77.0 Å². The maximum atomic E-state index is 12.2. The van der Waals surface area contributed by atoms with Crippen molar-refractivity contribution in [2.45, 2.75) is 18.4 Å². The Morgan fingerprint density at radius 1 is 0.966 bits per heavy atom. The van der Waals surface area contributed by atoms with Gasteiger partial charge in [-0.1, -0.05) is 36.4 Å². The van der Waals surface area contributed by atoms with Crippen LogP contribution < -0.4 is 14.3 Å². The summed E-state index contributed by atoms with van der Waals surface area (Å²) in [5.41, 5.74) is 2.58. The number of hydrazone groups is 1. The Balaban J connectivity index is 1.73. The molecular formula is C22H22N2O4S. The second-order valence-corrected chi connectivity index (χ2v) is 7.95. The van der Waals surface area contributed by atoms with Crippen LogP contribution >= 0.6 is 0 Å². The molecule has 6 nitrogen and oxygen atoms in total. The summed E-state index contributed by atoms with van der Waals surface area (Å²) in [7, 11) is -2.11. The van der Waals surface area contributed by atoms with Gasteiger partial charge in [0.05, 0.1) is 18.2 Å². The first-order valence-corrected chi connectivity index (χ1v) is 10.4. The quantitative estimate of drug-likeness (QED) is 0.451. The molecule has 0 aliphatic rings. The van der Waals surface area contributed by atoms with E-state index in [2.05, 4.69) is 9.93 Å². The standard InChI is InChI=1S/C22H22N2O4S/c1-17-8-6-7-11-21(17)28-16-19-14-18(12-13-22(19)27-2)15-23-24-29(25,26)20-9-4-3-5-10-20/h3-15,24H,16H2,1-2H3/b23-15+. The van der Waals surface area contributed by atoms with E-state index in [-0.39, 0.29) is 4.90 Å². The zero-order chi connectivity index (χ0) is 20.7. The molecule has 0 aliphatic heterocycles. The summed E-state index contributed by atoms with van der Waals surface area (Å²) < 4.78 is 35.7. The van der Waals surface area contributed by atoms with Crippen LogP contribution in [-0.2, 0) is 16.6 Å². The fraction of sp³-hybridized carbons (Fsp3) is 0.136. The minimum atomic E-state index is -3.70. The molecular weight excluding hydrogens is 388 g/mol. The molecule has 3 aromatic rings. The molecule has 0 amide bonds. The minimum Gasteiger partial charge on any atom is -0.496 e. The van der Waals surface area contributed by atoms with E-state index in [1.807, 2.05) is 37.3 Å². The van der Waals surface area contributed by atoms with Crippen LogP contribution in [0.1, 0.15) is 16.7 Å². The molecule has 1 N–H and O–H groups in total. The highest BCUT2D eigenvalue weighted by molar-refractivity contribution is 7.89. The Kier molecular flexibility index (Phi) is 6.51. The third kappa shape index (κ3) is 5.36. The molecule has 0 bridgehead atoms. The highest BCUT2D eigenvalue weighted by Gasteiger charge is 2.11. The predicted molar refractivity (Wildman–Crippen MR) is 113 cm³/mol. The maximum absolute atomic E-state index is 12.2. The predicted octanol–water partition coefficient (Wildman–Crippen LogP) is 3.90. The number of nitrogens with one attached hydrogen (secondary N) is 1. The van der Waals surface area contributed by atoms with Gasteiger partial charge in [0.25, 0.3) is 10.0 Å². The van der Waals surface area contributed by atoms with E-state index in [0.717, 1.165) is 16.9 Å². The fourth-order valence-electron chi connectivity index (χ4n) is 2.69. The summed E-state index contributed by atoms with van der Waals surface area (Å²) >= 11 is 0. The molecule has 150 valence electrons. The lowest BCUT2D eigenvalue weighted by Crippen LogP contribution is -2.18. The Labute approximate surface area is 170 Å². The molecule has 0 unspecified atom stereocenters. The van der Waals surface area contributed by atoms with Crippen molar-refractivity contribution in [3.05, 3.63) is 89.5 Å². The fourth-order valence-corrected chi connectivity index (χ4v) is 3.50. The molecule has 0 spiro atoms. The second kappa shape index (κ2) is 9.25. The number of nitrogens with zero attached hydrogens (tertiary/aromatic N) is 1. The number of sulfonamides is 1. The molecule has 0 aliphatic carbocycles. The number of aryl methyl sites for hydroxylation is 1. The van der Waals surface area contributed by atoms with Crippen LogP contribution in [0.4, 0.5) is 0 Å². The van der Waals surface area contributed by atoms with Crippen molar-refractivity contribution >= 4 is 16.2 Å². The number of hydrogen-bond donors (Lipinski definition) is 1. The summed E-state index contributed by atoms with van der Waals surface area (Å²) in [6, 6.07) is 21.3. The zero-order valence-electron chi connectivity index (χ0n) is 16.2. The molecule has 0 atom stereocenters. The number of benzene rings is 3. The van der Waals surface area contributed by atoms with E-state index in [0.29, 0.717) is 17.9 Å². The van der Waals surface area contributed by atoms with Crippen LogP contribution in [0.15, 0.2) is 82.8 Å². The van der Waals surface area contributed by atoms with E-state index in [1.165, 1.54) is 18.3 Å². The van der Waals surface area contributed by atoms with Crippen molar-refractivity contribution in [2.24, 2.45) is 5.10 Å². The first-order chi connectivity index (χ1) is 14.0. The molecule has 0 heterocycles. The van der Waals surface area contributed by atoms with Gasteiger partial charge in [-0.05, 0) is 54.4 Å². The van der Waals surface area contributed by atoms with Gasteiger partial charge < -0.3 is 9.47 Å². The number of ether oxygens (including phenoxy) is 2. The van der Waals surface area contributed by atoms with Crippen molar-refractivity contribution in [3.63, 3.8) is 0 Å². The largest absolute Gasteiger partial charge is 0.496 e. The summed E-state index contributed by atoms with van der Waals surface area (Å²) in [5.74, 6) is 1.48. The number of methoxy groups -OCH3 is 1. The Morgan fingerprint density at radius 2 is 1.69 bits per heavy atom. The van der Waals surface area contributed by atoms with Gasteiger partial charge in [0, 0.05) is 5.56 Å². The monoisotopic (exact) mass is 410 g/mol. The number of para-hydroxylation sites is 1. The van der Waals surface area contributed by atoms with E-state index in [1.54, 1.807) is 37.4 Å². The number of rotatable bonds is 8. The van der Waals surface area contributed by atoms with Crippen molar-refractivity contribution < 1.29 is 17.9 Å². The van der Waals surface area contributed by atoms with Crippen LogP contribution in [0.5, 0.6) is 11.5 Å². The first-order valence-electron chi connectivity index (χ1n) is 8.95. The first kappa shape index (κ1) is 20.4. The van der Waals surface area contributed by atoms with Gasteiger partial charge in [0.2, 0.25) is 0 Å². The van der Waals surface area contributed by atoms with E-state index in [9.17, 15) is 8.42 Å². The van der Waals surface area contributed by atoms with Crippen molar-refractivity contribution in [1.82, 2.24) is 4.83 Å². The van der Waals surface area contributed by atoms with Gasteiger partial charge in [-0.15, -0.1) is 0 Å². The Hall–Kier alpha value is -3.32. The molecule has 3 rings (SSSR count). The summed E-state index contributed by atoms with van der Waals surface area (Å²) in [4.78, 5) is 2.37. The third-order valence-corrected chi connectivity index (χ3v) is 5.46.